The lowest BCUT2D eigenvalue weighted by Crippen LogP contribution is -2.51. The van der Waals surface area contributed by atoms with Crippen LogP contribution in [0.4, 0.5) is 10.6 Å². The molecule has 3 aliphatic rings. The lowest BCUT2D eigenvalue weighted by molar-refractivity contribution is -0.134. The van der Waals surface area contributed by atoms with E-state index in [0.717, 1.165) is 55.7 Å². The number of likely N-dealkylation sites (tertiary alicyclic amines) is 1. The lowest BCUT2D eigenvalue weighted by Gasteiger charge is -2.38. The first-order valence-electron chi connectivity index (χ1n) is 13.2. The van der Waals surface area contributed by atoms with Crippen LogP contribution in [-0.2, 0) is 9.53 Å². The summed E-state index contributed by atoms with van der Waals surface area (Å²) >= 11 is 1.76. The molecule has 2 atom stereocenters. The van der Waals surface area contributed by atoms with Gasteiger partial charge in [0.2, 0.25) is 5.91 Å². The number of amides is 2. The Hall–Kier alpha value is -2.72. The van der Waals surface area contributed by atoms with E-state index in [-0.39, 0.29) is 18.0 Å². The molecule has 37 heavy (non-hydrogen) atoms. The number of benzene rings is 1. The van der Waals surface area contributed by atoms with Gasteiger partial charge in [-0.3, -0.25) is 14.6 Å². The zero-order valence-electron chi connectivity index (χ0n) is 22.3. The van der Waals surface area contributed by atoms with Crippen LogP contribution in [0, 0.1) is 6.92 Å². The molecular weight excluding hydrogens is 488 g/mol. The van der Waals surface area contributed by atoms with E-state index in [1.165, 1.54) is 0 Å². The van der Waals surface area contributed by atoms with Crippen LogP contribution in [0.5, 0.6) is 0 Å². The molecule has 0 bridgehead atoms. The number of piperazine rings is 1. The molecule has 10 heteroatoms. The van der Waals surface area contributed by atoms with Gasteiger partial charge in [-0.1, -0.05) is 18.2 Å². The van der Waals surface area contributed by atoms with Crippen LogP contribution in [-0.4, -0.2) is 105 Å². The van der Waals surface area contributed by atoms with Crippen LogP contribution < -0.4 is 4.90 Å². The summed E-state index contributed by atoms with van der Waals surface area (Å²) < 4.78 is 7.73. The summed E-state index contributed by atoms with van der Waals surface area (Å²) in [6, 6.07) is 12.1. The third-order valence-corrected chi connectivity index (χ3v) is 8.19. The first-order chi connectivity index (χ1) is 17.7. The first kappa shape index (κ1) is 25.9. The fourth-order valence-corrected chi connectivity index (χ4v) is 6.38. The van der Waals surface area contributed by atoms with Gasteiger partial charge in [-0.05, 0) is 46.2 Å². The van der Waals surface area contributed by atoms with E-state index in [1.54, 1.807) is 16.7 Å². The summed E-state index contributed by atoms with van der Waals surface area (Å²) in [5, 5.41) is 4.74. The summed E-state index contributed by atoms with van der Waals surface area (Å²) in [4.78, 5) is 34.9. The quantitative estimate of drug-likeness (QED) is 0.606. The number of para-hydroxylation sites is 1. The normalized spacial score (nSPS) is 23.1. The Morgan fingerprint density at radius 3 is 2.43 bits per heavy atom. The van der Waals surface area contributed by atoms with Gasteiger partial charge in [0.25, 0.3) is 0 Å². The largest absolute Gasteiger partial charge is 0.444 e. The molecule has 1 aromatic carbocycles. The molecule has 2 unspecified atom stereocenters. The second kappa shape index (κ2) is 10.6. The molecule has 5 rings (SSSR count). The Balaban J connectivity index is 1.27. The van der Waals surface area contributed by atoms with Gasteiger partial charge in [-0.15, -0.1) is 11.8 Å². The minimum atomic E-state index is -0.599. The highest BCUT2D eigenvalue weighted by atomic mass is 32.2. The van der Waals surface area contributed by atoms with Crippen molar-refractivity contribution < 1.29 is 14.3 Å². The van der Waals surface area contributed by atoms with Crippen LogP contribution in [0.3, 0.4) is 0 Å². The van der Waals surface area contributed by atoms with Crippen molar-refractivity contribution in [1.29, 1.82) is 0 Å². The van der Waals surface area contributed by atoms with Crippen molar-refractivity contribution in [2.45, 2.75) is 51.8 Å². The van der Waals surface area contributed by atoms with Gasteiger partial charge in [-0.2, -0.15) is 5.10 Å². The predicted molar refractivity (Wildman–Crippen MR) is 146 cm³/mol. The minimum absolute atomic E-state index is 0.0548. The SMILES string of the molecule is Cc1cc(N2CCN(C3CC(C(=O)N4CCSC4)N(C(=O)OC(C)(C)C)C3)CC2)n(-c2ccccc2)n1. The standard InChI is InChI=1S/C27H38N6O3S/c1-20-16-24(33(28-20)21-8-6-5-7-9-21)30-12-10-29(11-13-30)22-17-23(25(34)31-14-15-37-19-31)32(18-22)26(35)36-27(2,3)4/h5-9,16,22-23H,10-15,17-19H2,1-4H3. The smallest absolute Gasteiger partial charge is 0.411 e. The number of ether oxygens (including phenoxy) is 1. The maximum absolute atomic E-state index is 13.4. The van der Waals surface area contributed by atoms with Gasteiger partial charge in [0.05, 0.1) is 17.3 Å². The molecule has 2 aromatic rings. The Labute approximate surface area is 223 Å². The second-order valence-corrected chi connectivity index (χ2v) is 12.2. The number of thioether (sulfide) groups is 1. The fourth-order valence-electron chi connectivity index (χ4n) is 5.42. The Morgan fingerprint density at radius 1 is 1.05 bits per heavy atom. The highest BCUT2D eigenvalue weighted by molar-refractivity contribution is 7.99. The monoisotopic (exact) mass is 526 g/mol. The number of aromatic nitrogens is 2. The number of anilines is 1. The molecule has 200 valence electrons. The highest BCUT2D eigenvalue weighted by Crippen LogP contribution is 2.30. The molecule has 3 saturated heterocycles. The number of nitrogens with zero attached hydrogens (tertiary/aromatic N) is 6. The zero-order chi connectivity index (χ0) is 26.2. The zero-order valence-corrected chi connectivity index (χ0v) is 23.1. The van der Waals surface area contributed by atoms with E-state index >= 15 is 0 Å². The number of rotatable bonds is 4. The summed E-state index contributed by atoms with van der Waals surface area (Å²) in [6.45, 7) is 12.4. The summed E-state index contributed by atoms with van der Waals surface area (Å²) in [7, 11) is 0. The third kappa shape index (κ3) is 5.75. The molecule has 3 aliphatic heterocycles. The van der Waals surface area contributed by atoms with Gasteiger partial charge >= 0.3 is 6.09 Å². The van der Waals surface area contributed by atoms with Crippen molar-refractivity contribution in [3.05, 3.63) is 42.1 Å². The molecule has 0 saturated carbocycles. The van der Waals surface area contributed by atoms with Crippen molar-refractivity contribution in [2.75, 3.05) is 55.8 Å². The van der Waals surface area contributed by atoms with E-state index < -0.39 is 11.6 Å². The summed E-state index contributed by atoms with van der Waals surface area (Å²) in [5.41, 5.74) is 1.45. The van der Waals surface area contributed by atoms with Crippen LogP contribution in [0.25, 0.3) is 5.69 Å². The van der Waals surface area contributed by atoms with E-state index in [1.807, 2.05) is 55.5 Å². The van der Waals surface area contributed by atoms with Crippen LogP contribution in [0.2, 0.25) is 0 Å². The molecule has 0 spiro atoms. The maximum atomic E-state index is 13.4. The van der Waals surface area contributed by atoms with Crippen molar-refractivity contribution in [2.24, 2.45) is 0 Å². The van der Waals surface area contributed by atoms with E-state index in [4.69, 9.17) is 9.84 Å². The topological polar surface area (TPSA) is 74.2 Å². The number of hydrogen-bond donors (Lipinski definition) is 0. The molecule has 2 amide bonds. The van der Waals surface area contributed by atoms with Crippen molar-refractivity contribution >= 4 is 29.6 Å². The molecular formula is C27H38N6O3S. The highest BCUT2D eigenvalue weighted by Gasteiger charge is 2.45. The molecule has 4 heterocycles. The van der Waals surface area contributed by atoms with Crippen molar-refractivity contribution in [3.8, 4) is 5.69 Å². The van der Waals surface area contributed by atoms with Gasteiger partial charge in [-0.25, -0.2) is 9.48 Å². The number of aryl methyl sites for hydroxylation is 1. The van der Waals surface area contributed by atoms with Crippen LogP contribution in [0.15, 0.2) is 36.4 Å². The Morgan fingerprint density at radius 2 is 1.78 bits per heavy atom. The third-order valence-electron chi connectivity index (χ3n) is 7.22. The molecule has 0 N–H and O–H groups in total. The number of carbonyl (C=O) groups excluding carboxylic acids is 2. The summed E-state index contributed by atoms with van der Waals surface area (Å²) in [6.07, 6.45) is 0.265. The van der Waals surface area contributed by atoms with E-state index in [2.05, 4.69) is 28.0 Å². The van der Waals surface area contributed by atoms with E-state index in [0.29, 0.717) is 18.8 Å². The lowest BCUT2D eigenvalue weighted by atomic mass is 10.1. The fraction of sp³-hybridized carbons (Fsp3) is 0.593. The molecule has 0 radical (unpaired) electrons. The predicted octanol–water partition coefficient (Wildman–Crippen LogP) is 3.21. The molecule has 3 fully saturated rings. The van der Waals surface area contributed by atoms with E-state index in [9.17, 15) is 9.59 Å². The van der Waals surface area contributed by atoms with Gasteiger partial charge in [0.15, 0.2) is 0 Å². The Bertz CT molecular complexity index is 1100. The molecule has 9 nitrogen and oxygen atoms in total. The minimum Gasteiger partial charge on any atom is -0.444 e. The number of carbonyl (C=O) groups is 2. The summed E-state index contributed by atoms with van der Waals surface area (Å²) in [5.74, 6) is 2.81. The number of hydrogen-bond acceptors (Lipinski definition) is 7. The second-order valence-electron chi connectivity index (χ2n) is 11.1. The van der Waals surface area contributed by atoms with Crippen molar-refractivity contribution in [3.63, 3.8) is 0 Å². The van der Waals surface area contributed by atoms with Crippen LogP contribution in [0.1, 0.15) is 32.9 Å². The van der Waals surface area contributed by atoms with Gasteiger partial charge in [0.1, 0.15) is 17.5 Å². The average Bonchev–Trinajstić information content (AvgIpc) is 3.63. The van der Waals surface area contributed by atoms with Gasteiger partial charge in [0, 0.05) is 57.1 Å². The average molecular weight is 527 g/mol. The van der Waals surface area contributed by atoms with Crippen LogP contribution >= 0.6 is 11.8 Å². The van der Waals surface area contributed by atoms with Gasteiger partial charge < -0.3 is 14.5 Å². The molecule has 1 aromatic heterocycles. The molecule has 0 aliphatic carbocycles. The maximum Gasteiger partial charge on any atom is 0.411 e. The first-order valence-corrected chi connectivity index (χ1v) is 14.3. The Kier molecular flexibility index (Phi) is 7.40. The van der Waals surface area contributed by atoms with Crippen molar-refractivity contribution in [1.82, 2.24) is 24.5 Å².